The quantitative estimate of drug-likeness (QED) is 0.280. The summed E-state index contributed by atoms with van der Waals surface area (Å²) in [4.78, 5) is 2.89. The van der Waals surface area contributed by atoms with Crippen molar-refractivity contribution in [2.24, 2.45) is 4.99 Å². The summed E-state index contributed by atoms with van der Waals surface area (Å²) < 4.78 is 145. The number of nitrogens with zero attached hydrogens (tertiary/aromatic N) is 2. The normalized spacial score (nSPS) is 18.2. The second kappa shape index (κ2) is 7.37. The molecule has 15 heteroatoms. The molecular formula is C11H8ClF11N2O. The summed E-state index contributed by atoms with van der Waals surface area (Å²) in [5, 5.41) is -1.39. The maximum Gasteiger partial charge on any atom is 0.459 e. The molecule has 0 aromatic rings. The number of allylic oxidation sites excluding steroid dienone is 2. The van der Waals surface area contributed by atoms with Gasteiger partial charge < -0.3 is 9.64 Å². The smallest absolute Gasteiger partial charge is 0.378 e. The highest BCUT2D eigenvalue weighted by atomic mass is 35.5. The molecule has 0 saturated carbocycles. The van der Waals surface area contributed by atoms with Crippen molar-refractivity contribution in [1.82, 2.24) is 4.90 Å². The first-order chi connectivity index (χ1) is 11.5. The van der Waals surface area contributed by atoms with Gasteiger partial charge in [-0.3, -0.25) is 0 Å². The number of halogens is 12. The van der Waals surface area contributed by atoms with Crippen molar-refractivity contribution >= 4 is 16.9 Å². The number of hydrogen-bond acceptors (Lipinski definition) is 2. The van der Waals surface area contributed by atoms with Crippen LogP contribution in [-0.4, -0.2) is 60.9 Å². The van der Waals surface area contributed by atoms with Crippen molar-refractivity contribution in [2.75, 3.05) is 26.3 Å². The molecule has 0 aromatic heterocycles. The summed E-state index contributed by atoms with van der Waals surface area (Å²) in [5.74, 6) is -6.57. The summed E-state index contributed by atoms with van der Waals surface area (Å²) in [7, 11) is 0. The molecular weight excluding hydrogens is 421 g/mol. The summed E-state index contributed by atoms with van der Waals surface area (Å²) in [6, 6.07) is 0. The topological polar surface area (TPSA) is 24.8 Å². The third-order valence-corrected chi connectivity index (χ3v) is 3.26. The van der Waals surface area contributed by atoms with E-state index in [0.717, 1.165) is 0 Å². The highest BCUT2D eigenvalue weighted by Gasteiger charge is 2.66. The first kappa shape index (κ1) is 22.7. The highest BCUT2D eigenvalue weighted by molar-refractivity contribution is 6.64. The van der Waals surface area contributed by atoms with E-state index in [0.29, 0.717) is 4.90 Å². The lowest BCUT2D eigenvalue weighted by atomic mass is 10.1. The fraction of sp³-hybridized carbons (Fsp3) is 0.727. The van der Waals surface area contributed by atoms with Gasteiger partial charge in [-0.05, 0) is 11.6 Å². The minimum absolute atomic E-state index is 0.147. The van der Waals surface area contributed by atoms with E-state index in [1.807, 2.05) is 0 Å². The van der Waals surface area contributed by atoms with Gasteiger partial charge in [-0.1, -0.05) is 0 Å². The van der Waals surface area contributed by atoms with Gasteiger partial charge >= 0.3 is 24.5 Å². The van der Waals surface area contributed by atoms with E-state index >= 15 is 0 Å². The lowest BCUT2D eigenvalue weighted by Gasteiger charge is -2.29. The third-order valence-electron chi connectivity index (χ3n) is 2.93. The van der Waals surface area contributed by atoms with Crippen molar-refractivity contribution in [3.05, 3.63) is 11.3 Å². The van der Waals surface area contributed by atoms with Crippen LogP contribution in [0.25, 0.3) is 0 Å². The van der Waals surface area contributed by atoms with Crippen molar-refractivity contribution in [1.29, 1.82) is 0 Å². The molecule has 1 rings (SSSR count). The molecule has 1 aliphatic rings. The van der Waals surface area contributed by atoms with Gasteiger partial charge in [0.05, 0.1) is 13.2 Å². The van der Waals surface area contributed by atoms with Crippen molar-refractivity contribution in [2.45, 2.75) is 24.5 Å². The molecule has 3 nitrogen and oxygen atoms in total. The molecule has 0 bridgehead atoms. The minimum atomic E-state index is -6.78. The zero-order valence-electron chi connectivity index (χ0n) is 12.2. The first-order valence-corrected chi connectivity index (χ1v) is 6.78. The molecule has 0 radical (unpaired) electrons. The molecule has 0 aromatic carbocycles. The Morgan fingerprint density at radius 1 is 0.808 bits per heavy atom. The van der Waals surface area contributed by atoms with Crippen LogP contribution in [0.3, 0.4) is 0 Å². The molecule has 0 atom stereocenters. The zero-order chi connectivity index (χ0) is 20.6. The average molecular weight is 429 g/mol. The van der Waals surface area contributed by atoms with Gasteiger partial charge in [-0.25, -0.2) is 4.99 Å². The van der Waals surface area contributed by atoms with Crippen LogP contribution in [0, 0.1) is 0 Å². The predicted octanol–water partition coefficient (Wildman–Crippen LogP) is 4.49. The number of amidine groups is 1. The Balaban J connectivity index is 3.70. The van der Waals surface area contributed by atoms with Gasteiger partial charge in [0, 0.05) is 13.1 Å². The fourth-order valence-corrected chi connectivity index (χ4v) is 2.01. The van der Waals surface area contributed by atoms with E-state index < -0.39 is 41.0 Å². The molecule has 0 N–H and O–H groups in total. The Kier molecular flexibility index (Phi) is 6.44. The van der Waals surface area contributed by atoms with E-state index in [9.17, 15) is 48.3 Å². The standard InChI is InChI=1S/C11H8ClF11N2O/c12-7(25-1-3-26-4-2-25)24-6(8(13,14)11(21,22)23)5(9(15,16)17)10(18,19)20/h1-4H2. The Morgan fingerprint density at radius 2 is 1.23 bits per heavy atom. The lowest BCUT2D eigenvalue weighted by molar-refractivity contribution is -0.268. The SMILES string of the molecule is FC(F)(F)C(=C(N=C(Cl)N1CCOCC1)C(F)(F)C(F)(F)F)C(F)(F)F. The summed E-state index contributed by atoms with van der Waals surface area (Å²) in [6.07, 6.45) is -20.0. The maximum atomic E-state index is 13.4. The highest BCUT2D eigenvalue weighted by Crippen LogP contribution is 2.49. The second-order valence-electron chi connectivity index (χ2n) is 4.77. The fourth-order valence-electron chi connectivity index (χ4n) is 1.76. The Morgan fingerprint density at radius 3 is 1.58 bits per heavy atom. The Labute approximate surface area is 143 Å². The van der Waals surface area contributed by atoms with Gasteiger partial charge in [0.2, 0.25) is 0 Å². The van der Waals surface area contributed by atoms with Gasteiger partial charge in [-0.15, -0.1) is 0 Å². The number of morpholine rings is 1. The van der Waals surface area contributed by atoms with Crippen LogP contribution in [0.5, 0.6) is 0 Å². The molecule has 26 heavy (non-hydrogen) atoms. The van der Waals surface area contributed by atoms with Gasteiger partial charge in [-0.2, -0.15) is 48.3 Å². The second-order valence-corrected chi connectivity index (χ2v) is 5.11. The molecule has 0 aliphatic carbocycles. The number of rotatable bonds is 2. The average Bonchev–Trinajstić information content (AvgIpc) is 2.43. The summed E-state index contributed by atoms with van der Waals surface area (Å²) in [5.41, 5.74) is -7.68. The summed E-state index contributed by atoms with van der Waals surface area (Å²) >= 11 is 5.31. The van der Waals surface area contributed by atoms with Crippen LogP contribution in [0.2, 0.25) is 0 Å². The van der Waals surface area contributed by atoms with Crippen LogP contribution in [0.4, 0.5) is 48.3 Å². The molecule has 0 spiro atoms. The van der Waals surface area contributed by atoms with E-state index in [1.54, 1.807) is 0 Å². The number of aliphatic imine (C=N–C) groups is 1. The Hall–Kier alpha value is -1.31. The van der Waals surface area contributed by atoms with Crippen LogP contribution in [-0.2, 0) is 4.74 Å². The molecule has 0 unspecified atom stereocenters. The molecule has 1 saturated heterocycles. The predicted molar refractivity (Wildman–Crippen MR) is 65.8 cm³/mol. The molecule has 1 fully saturated rings. The lowest BCUT2D eigenvalue weighted by Crippen LogP contribution is -2.43. The van der Waals surface area contributed by atoms with Crippen LogP contribution in [0.1, 0.15) is 0 Å². The monoisotopic (exact) mass is 428 g/mol. The van der Waals surface area contributed by atoms with E-state index in [-0.39, 0.29) is 26.3 Å². The van der Waals surface area contributed by atoms with E-state index in [4.69, 9.17) is 16.3 Å². The van der Waals surface area contributed by atoms with E-state index in [2.05, 4.69) is 4.99 Å². The molecule has 1 heterocycles. The zero-order valence-corrected chi connectivity index (χ0v) is 12.9. The van der Waals surface area contributed by atoms with Gasteiger partial charge in [0.25, 0.3) is 0 Å². The number of hydrogen-bond donors (Lipinski definition) is 0. The summed E-state index contributed by atoms with van der Waals surface area (Å²) in [6.45, 7) is -0.876. The van der Waals surface area contributed by atoms with Crippen molar-refractivity contribution in [3.8, 4) is 0 Å². The van der Waals surface area contributed by atoms with Crippen LogP contribution in [0.15, 0.2) is 16.3 Å². The van der Waals surface area contributed by atoms with Crippen LogP contribution < -0.4 is 0 Å². The largest absolute Gasteiger partial charge is 0.459 e. The van der Waals surface area contributed by atoms with Crippen molar-refractivity contribution < 1.29 is 53.0 Å². The molecule has 152 valence electrons. The Bertz CT molecular complexity index is 554. The number of alkyl halides is 11. The minimum Gasteiger partial charge on any atom is -0.378 e. The van der Waals surface area contributed by atoms with Gasteiger partial charge in [0.1, 0.15) is 5.70 Å². The van der Waals surface area contributed by atoms with Gasteiger partial charge in [0.15, 0.2) is 10.9 Å². The third kappa shape index (κ3) is 5.11. The number of ether oxygens (including phenoxy) is 1. The van der Waals surface area contributed by atoms with E-state index in [1.165, 1.54) is 0 Å². The first-order valence-electron chi connectivity index (χ1n) is 6.40. The molecule has 0 amide bonds. The van der Waals surface area contributed by atoms with Crippen molar-refractivity contribution in [3.63, 3.8) is 0 Å². The van der Waals surface area contributed by atoms with Crippen LogP contribution >= 0.6 is 11.6 Å². The molecule has 1 aliphatic heterocycles. The maximum absolute atomic E-state index is 13.4.